The van der Waals surface area contributed by atoms with Crippen LogP contribution < -0.4 is 0 Å². The Bertz CT molecular complexity index is 1130. The summed E-state index contributed by atoms with van der Waals surface area (Å²) in [6.45, 7) is 4.56. The highest BCUT2D eigenvalue weighted by molar-refractivity contribution is 9.10. The summed E-state index contributed by atoms with van der Waals surface area (Å²) in [4.78, 5) is 20.9. The lowest BCUT2D eigenvalue weighted by Gasteiger charge is -2.10. The van der Waals surface area contributed by atoms with Crippen molar-refractivity contribution in [1.82, 2.24) is 0 Å². The van der Waals surface area contributed by atoms with E-state index in [4.69, 9.17) is 23.7 Å². The Hall–Kier alpha value is -2.24. The summed E-state index contributed by atoms with van der Waals surface area (Å²) < 4.78 is 28.2. The molecule has 0 bridgehead atoms. The van der Waals surface area contributed by atoms with E-state index < -0.39 is 0 Å². The van der Waals surface area contributed by atoms with Crippen LogP contribution in [0.3, 0.4) is 0 Å². The number of halogens is 2. The van der Waals surface area contributed by atoms with Gasteiger partial charge in [-0.05, 0) is 25.0 Å². The van der Waals surface area contributed by atoms with Gasteiger partial charge < -0.3 is 23.7 Å². The minimum Gasteiger partial charge on any atom is -0.381 e. The minimum absolute atomic E-state index is 0.180. The van der Waals surface area contributed by atoms with Crippen molar-refractivity contribution in [2.45, 2.75) is 25.4 Å². The number of ether oxygens (including phenoxy) is 5. The highest BCUT2D eigenvalue weighted by Crippen LogP contribution is 2.29. The maximum atomic E-state index is 10.7. The van der Waals surface area contributed by atoms with E-state index in [0.29, 0.717) is 37.6 Å². The van der Waals surface area contributed by atoms with Crippen LogP contribution in [0.4, 0.5) is 0 Å². The quantitative estimate of drug-likeness (QED) is 0.276. The first-order chi connectivity index (χ1) is 19.1. The molecule has 0 amide bonds. The molecule has 0 unspecified atom stereocenters. The van der Waals surface area contributed by atoms with Gasteiger partial charge in [-0.2, -0.15) is 0 Å². The maximum absolute atomic E-state index is 10.7. The molecule has 3 fully saturated rings. The van der Waals surface area contributed by atoms with Crippen LogP contribution in [0.2, 0.25) is 0 Å². The molecule has 39 heavy (non-hydrogen) atoms. The number of hydrogen-bond donors (Lipinski definition) is 0. The summed E-state index contributed by atoms with van der Waals surface area (Å²) in [5, 5.41) is 0. The fourth-order valence-electron chi connectivity index (χ4n) is 3.66. The lowest BCUT2D eigenvalue weighted by atomic mass is 10.1. The second-order valence-electron chi connectivity index (χ2n) is 8.37. The molecule has 3 aliphatic rings. The number of rotatable bonds is 4. The molecular formula is C30H32Br2O7. The zero-order valence-corrected chi connectivity index (χ0v) is 24.7. The van der Waals surface area contributed by atoms with Gasteiger partial charge in [-0.25, -0.2) is 0 Å². The van der Waals surface area contributed by atoms with E-state index in [1.54, 1.807) is 12.1 Å². The van der Waals surface area contributed by atoms with Crippen LogP contribution in [0.1, 0.15) is 57.3 Å². The smallest absolute Gasteiger partial charge is 0.185 e. The van der Waals surface area contributed by atoms with Gasteiger partial charge in [0.1, 0.15) is 0 Å². The van der Waals surface area contributed by atoms with Crippen molar-refractivity contribution in [3.63, 3.8) is 0 Å². The van der Waals surface area contributed by atoms with Crippen molar-refractivity contribution in [3.05, 3.63) is 104 Å². The van der Waals surface area contributed by atoms with Gasteiger partial charge in [0.2, 0.25) is 0 Å². The topological polar surface area (TPSA) is 80.3 Å². The normalized spacial score (nSPS) is 16.7. The minimum atomic E-state index is -0.360. The van der Waals surface area contributed by atoms with Crippen LogP contribution in [-0.4, -0.2) is 52.2 Å². The predicted octanol–water partition coefficient (Wildman–Crippen LogP) is 7.10. The molecule has 3 aliphatic heterocycles. The van der Waals surface area contributed by atoms with Crippen LogP contribution in [0.15, 0.2) is 81.7 Å². The first kappa shape index (κ1) is 31.3. The van der Waals surface area contributed by atoms with Crippen molar-refractivity contribution >= 4 is 44.4 Å². The SMILES string of the molecule is Brc1ccccc1C1OCCO1.C1CCOC1.O=Cc1ccccc1Br.O=Cc1ccccc1C1OCCO1. The Balaban J connectivity index is 0.000000150. The third-order valence-corrected chi connectivity index (χ3v) is 7.08. The predicted molar refractivity (Wildman–Crippen MR) is 155 cm³/mol. The monoisotopic (exact) mass is 662 g/mol. The summed E-state index contributed by atoms with van der Waals surface area (Å²) in [6, 6.07) is 22.5. The highest BCUT2D eigenvalue weighted by Gasteiger charge is 2.21. The molecule has 0 aliphatic carbocycles. The van der Waals surface area contributed by atoms with Gasteiger partial charge in [-0.1, -0.05) is 92.5 Å². The molecule has 3 aromatic rings. The van der Waals surface area contributed by atoms with Crippen molar-refractivity contribution < 1.29 is 33.3 Å². The fourth-order valence-corrected chi connectivity index (χ4v) is 4.51. The fraction of sp³-hybridized carbons (Fsp3) is 0.333. The molecule has 0 N–H and O–H groups in total. The molecule has 3 saturated heterocycles. The molecule has 0 spiro atoms. The van der Waals surface area contributed by atoms with E-state index >= 15 is 0 Å². The van der Waals surface area contributed by atoms with Crippen molar-refractivity contribution in [2.75, 3.05) is 39.6 Å². The molecule has 3 aromatic carbocycles. The first-order valence-corrected chi connectivity index (χ1v) is 14.2. The molecule has 0 atom stereocenters. The molecule has 7 nitrogen and oxygen atoms in total. The highest BCUT2D eigenvalue weighted by atomic mass is 79.9. The molecular weight excluding hydrogens is 632 g/mol. The largest absolute Gasteiger partial charge is 0.381 e. The third-order valence-electron chi connectivity index (χ3n) is 5.64. The lowest BCUT2D eigenvalue weighted by molar-refractivity contribution is -0.0447. The van der Waals surface area contributed by atoms with Crippen LogP contribution >= 0.6 is 31.9 Å². The summed E-state index contributed by atoms with van der Waals surface area (Å²) >= 11 is 6.67. The molecule has 3 heterocycles. The molecule has 0 saturated carbocycles. The Morgan fingerprint density at radius 2 is 0.974 bits per heavy atom. The van der Waals surface area contributed by atoms with Crippen molar-refractivity contribution in [3.8, 4) is 0 Å². The Labute approximate surface area is 246 Å². The Kier molecular flexibility index (Phi) is 14.6. The van der Waals surface area contributed by atoms with Crippen molar-refractivity contribution in [1.29, 1.82) is 0 Å². The molecule has 9 heteroatoms. The summed E-state index contributed by atoms with van der Waals surface area (Å²) in [7, 11) is 0. The summed E-state index contributed by atoms with van der Waals surface area (Å²) in [6.07, 6.45) is 3.66. The lowest BCUT2D eigenvalue weighted by Crippen LogP contribution is -2.01. The average Bonchev–Trinajstić information content (AvgIpc) is 3.80. The third kappa shape index (κ3) is 10.7. The van der Waals surface area contributed by atoms with E-state index in [-0.39, 0.29) is 12.6 Å². The second kappa shape index (κ2) is 18.2. The van der Waals surface area contributed by atoms with Crippen LogP contribution in [-0.2, 0) is 23.7 Å². The van der Waals surface area contributed by atoms with Gasteiger partial charge in [0.05, 0.1) is 26.4 Å². The number of hydrogen-bond acceptors (Lipinski definition) is 7. The van der Waals surface area contributed by atoms with E-state index in [0.717, 1.165) is 45.9 Å². The van der Waals surface area contributed by atoms with E-state index in [1.807, 2.05) is 60.7 Å². The summed E-state index contributed by atoms with van der Waals surface area (Å²) in [5.41, 5.74) is 3.21. The molecule has 0 aromatic heterocycles. The zero-order chi connectivity index (χ0) is 27.7. The Morgan fingerprint density at radius 1 is 0.538 bits per heavy atom. The number of carbonyl (C=O) groups excluding carboxylic acids is 2. The van der Waals surface area contributed by atoms with Crippen LogP contribution in [0.25, 0.3) is 0 Å². The molecule has 0 radical (unpaired) electrons. The van der Waals surface area contributed by atoms with E-state index in [2.05, 4.69) is 31.9 Å². The van der Waals surface area contributed by atoms with Gasteiger partial charge in [0.15, 0.2) is 25.2 Å². The standard InChI is InChI=1S/C10H10O3.C9H9BrO2.C7H5BrO.C4H8O/c11-7-8-3-1-2-4-9(8)10-12-5-6-13-10;10-8-4-2-1-3-7(8)9-11-5-6-12-9;8-7-4-2-1-3-6(7)5-9;1-2-4-5-3-1/h1-4,7,10H,5-6H2;1-4,9H,5-6H2;1-5H;1-4H2. The van der Waals surface area contributed by atoms with Crippen LogP contribution in [0.5, 0.6) is 0 Å². The molecule has 6 rings (SSSR count). The maximum Gasteiger partial charge on any atom is 0.185 e. The van der Waals surface area contributed by atoms with Crippen molar-refractivity contribution in [2.24, 2.45) is 0 Å². The number of benzene rings is 3. The van der Waals surface area contributed by atoms with E-state index in [9.17, 15) is 9.59 Å². The van der Waals surface area contributed by atoms with Gasteiger partial charge in [0, 0.05) is 44.4 Å². The summed E-state index contributed by atoms with van der Waals surface area (Å²) in [5.74, 6) is 0. The number of carbonyl (C=O) groups is 2. The molecule has 208 valence electrons. The van der Waals surface area contributed by atoms with Gasteiger partial charge in [-0.15, -0.1) is 0 Å². The first-order valence-electron chi connectivity index (χ1n) is 12.7. The number of aldehydes is 2. The Morgan fingerprint density at radius 3 is 1.41 bits per heavy atom. The van der Waals surface area contributed by atoms with Gasteiger partial charge >= 0.3 is 0 Å². The van der Waals surface area contributed by atoms with Crippen LogP contribution in [0, 0.1) is 0 Å². The second-order valence-corrected chi connectivity index (χ2v) is 10.1. The van der Waals surface area contributed by atoms with E-state index in [1.165, 1.54) is 12.8 Å². The average molecular weight is 664 g/mol. The van der Waals surface area contributed by atoms with Gasteiger partial charge in [-0.3, -0.25) is 9.59 Å². The zero-order valence-electron chi connectivity index (χ0n) is 21.5. The van der Waals surface area contributed by atoms with Gasteiger partial charge in [0.25, 0.3) is 0 Å².